The van der Waals surface area contributed by atoms with Crippen LogP contribution in [-0.2, 0) is 39.2 Å². The minimum Gasteiger partial charge on any atom is -0.371 e. The first kappa shape index (κ1) is 44.9. The Morgan fingerprint density at radius 2 is 1.58 bits per heavy atom. The molecule has 10 rings (SSSR count). The SMILES string of the molecule is Cc1cccc(C)c1Nc1nn(C)c2nc(Nc3ccc4c(c3)CN(C(=O)/C(C#N)=C/C3CCN(C(=O)C5CCN(c6ccc7c(c6)C(=O)N(C6CCC(=O)NC6=O)C7=O)CC5)CC3)CC4)ncc12. The lowest BCUT2D eigenvalue weighted by Gasteiger charge is -2.37. The van der Waals surface area contributed by atoms with Gasteiger partial charge in [0.25, 0.3) is 17.7 Å². The van der Waals surface area contributed by atoms with Gasteiger partial charge in [0.1, 0.15) is 17.7 Å². The first-order chi connectivity index (χ1) is 33.3. The van der Waals surface area contributed by atoms with Gasteiger partial charge in [0, 0.05) is 81.9 Å². The number of likely N-dealkylation sites (tertiary alicyclic amines) is 1. The van der Waals surface area contributed by atoms with Crippen LogP contribution in [0.2, 0.25) is 0 Å². The van der Waals surface area contributed by atoms with E-state index in [4.69, 9.17) is 4.98 Å². The summed E-state index contributed by atoms with van der Waals surface area (Å²) in [5, 5.41) is 24.7. The van der Waals surface area contributed by atoms with Crippen LogP contribution in [0.1, 0.15) is 81.5 Å². The molecule has 18 nitrogen and oxygen atoms in total. The Hall–Kier alpha value is -7.94. The normalized spacial score (nSPS) is 19.1. The number of hydrogen-bond donors (Lipinski definition) is 3. The molecule has 6 amide bonds. The topological polar surface area (TPSA) is 219 Å². The summed E-state index contributed by atoms with van der Waals surface area (Å²) >= 11 is 0. The van der Waals surface area contributed by atoms with Gasteiger partial charge in [0.15, 0.2) is 11.5 Å². The van der Waals surface area contributed by atoms with Crippen LogP contribution in [0.25, 0.3) is 11.0 Å². The van der Waals surface area contributed by atoms with Gasteiger partial charge in [-0.2, -0.15) is 15.3 Å². The number of aryl methyl sites for hydroxylation is 3. The molecule has 0 saturated carbocycles. The summed E-state index contributed by atoms with van der Waals surface area (Å²) in [6.45, 7) is 7.21. The maximum atomic E-state index is 13.9. The third-order valence-electron chi connectivity index (χ3n) is 14.3. The highest BCUT2D eigenvalue weighted by atomic mass is 16.2. The van der Waals surface area contributed by atoms with Gasteiger partial charge in [-0.15, -0.1) is 0 Å². The molecule has 0 spiro atoms. The molecule has 0 radical (unpaired) electrons. The monoisotopic (exact) mass is 928 g/mol. The van der Waals surface area contributed by atoms with Crippen molar-refractivity contribution in [2.24, 2.45) is 18.9 Å². The molecule has 7 heterocycles. The maximum Gasteiger partial charge on any atom is 0.264 e. The highest BCUT2D eigenvalue weighted by molar-refractivity contribution is 6.23. The Kier molecular flexibility index (Phi) is 11.9. The van der Waals surface area contributed by atoms with E-state index in [2.05, 4.69) is 69.0 Å². The average Bonchev–Trinajstić information content (AvgIpc) is 3.80. The number of allylic oxidation sites excluding steroid dienone is 1. The lowest BCUT2D eigenvalue weighted by Crippen LogP contribution is -2.54. The molecule has 5 aromatic rings. The van der Waals surface area contributed by atoms with Crippen molar-refractivity contribution in [1.82, 2.24) is 39.8 Å². The van der Waals surface area contributed by atoms with E-state index in [1.54, 1.807) is 40.1 Å². The highest BCUT2D eigenvalue weighted by Crippen LogP contribution is 2.34. The molecule has 0 bridgehead atoms. The molecule has 0 aliphatic carbocycles. The molecule has 1 unspecified atom stereocenters. The highest BCUT2D eigenvalue weighted by Gasteiger charge is 2.45. The second-order valence-corrected chi connectivity index (χ2v) is 18.7. The number of aromatic nitrogens is 4. The zero-order chi connectivity index (χ0) is 48.1. The summed E-state index contributed by atoms with van der Waals surface area (Å²) in [6, 6.07) is 18.4. The Morgan fingerprint density at radius 1 is 0.826 bits per heavy atom. The number of nitrogens with zero attached hydrogens (tertiary/aromatic N) is 9. The third kappa shape index (κ3) is 8.64. The quantitative estimate of drug-likeness (QED) is 0.0965. The van der Waals surface area contributed by atoms with Crippen molar-refractivity contribution in [2.75, 3.05) is 48.3 Å². The smallest absolute Gasteiger partial charge is 0.264 e. The number of carbonyl (C=O) groups excluding carboxylic acids is 6. The second-order valence-electron chi connectivity index (χ2n) is 18.7. The number of piperidine rings is 3. The van der Waals surface area contributed by atoms with E-state index < -0.39 is 29.7 Å². The Labute approximate surface area is 398 Å². The zero-order valence-corrected chi connectivity index (χ0v) is 38.7. The lowest BCUT2D eigenvalue weighted by molar-refractivity contribution is -0.138. The van der Waals surface area contributed by atoms with Crippen LogP contribution in [-0.4, -0.2) is 109 Å². The van der Waals surface area contributed by atoms with E-state index in [1.165, 1.54) is 0 Å². The van der Waals surface area contributed by atoms with Gasteiger partial charge in [-0.05, 0) is 111 Å². The fraction of sp³-hybridized carbons (Fsp3) is 0.373. The molecule has 5 aliphatic heterocycles. The van der Waals surface area contributed by atoms with Gasteiger partial charge < -0.3 is 25.3 Å². The van der Waals surface area contributed by atoms with Crippen LogP contribution in [0.4, 0.5) is 28.8 Å². The largest absolute Gasteiger partial charge is 0.371 e. The summed E-state index contributed by atoms with van der Waals surface area (Å²) < 4.78 is 1.73. The molecule has 18 heteroatoms. The van der Waals surface area contributed by atoms with Gasteiger partial charge in [-0.25, -0.2) is 9.67 Å². The standard InChI is InChI=1S/C51H52N12O6/c1-29-5-4-6-30(2)43(29)56-44-40-27-53-51(57-45(40)59(3)58-44)54-36-8-7-32-15-22-62(28-35(32)24-36)48(67)34(26-52)23-31-13-18-61(19-14-31)47(66)33-16-20-60(21-17-33)37-9-10-38-39(25-37)50(69)63(49(38)68)41-11-12-42(64)55-46(41)65/h4-10,23-25,27,31,33,41H,11-22,28H2,1-3H3,(H,56,58)(H,53,54,57)(H,55,64,65)/b34-23+. The fourth-order valence-corrected chi connectivity index (χ4v) is 10.4. The van der Waals surface area contributed by atoms with Crippen molar-refractivity contribution >= 4 is 75.3 Å². The first-order valence-electron chi connectivity index (χ1n) is 23.6. The molecule has 1 atom stereocenters. The summed E-state index contributed by atoms with van der Waals surface area (Å²) in [4.78, 5) is 94.4. The molecule has 2 aromatic heterocycles. The van der Waals surface area contributed by atoms with Gasteiger partial charge in [-0.1, -0.05) is 30.3 Å². The Balaban J connectivity index is 0.715. The number of rotatable bonds is 9. The Morgan fingerprint density at radius 3 is 2.32 bits per heavy atom. The van der Waals surface area contributed by atoms with E-state index >= 15 is 0 Å². The number of nitrogens with one attached hydrogen (secondary N) is 3. The van der Waals surface area contributed by atoms with Crippen molar-refractivity contribution in [3.05, 3.63) is 106 Å². The number of fused-ring (bicyclic) bond motifs is 3. The summed E-state index contributed by atoms with van der Waals surface area (Å²) in [6.07, 6.45) is 6.90. The number of benzene rings is 3. The van der Waals surface area contributed by atoms with Crippen molar-refractivity contribution < 1.29 is 28.8 Å². The number of anilines is 5. The van der Waals surface area contributed by atoms with Gasteiger partial charge >= 0.3 is 0 Å². The molecule has 3 saturated heterocycles. The molecular formula is C51H52N12O6. The summed E-state index contributed by atoms with van der Waals surface area (Å²) in [5.74, 6) is -1.46. The Bertz CT molecular complexity index is 3030. The van der Waals surface area contributed by atoms with Crippen LogP contribution in [0, 0.1) is 37.0 Å². The van der Waals surface area contributed by atoms with E-state index in [0.717, 1.165) is 49.6 Å². The second kappa shape index (κ2) is 18.3. The molecule has 69 heavy (non-hydrogen) atoms. The van der Waals surface area contributed by atoms with Gasteiger partial charge in [0.2, 0.25) is 23.7 Å². The van der Waals surface area contributed by atoms with Crippen LogP contribution >= 0.6 is 0 Å². The minimum atomic E-state index is -1.03. The summed E-state index contributed by atoms with van der Waals surface area (Å²) in [5.41, 5.74) is 8.13. The lowest BCUT2D eigenvalue weighted by atomic mass is 9.90. The predicted molar refractivity (Wildman–Crippen MR) is 255 cm³/mol. The number of amides is 6. The number of imide groups is 2. The zero-order valence-electron chi connectivity index (χ0n) is 38.7. The number of hydrogen-bond acceptors (Lipinski definition) is 13. The predicted octanol–water partition coefficient (Wildman–Crippen LogP) is 5.36. The van der Waals surface area contributed by atoms with E-state index in [9.17, 15) is 34.0 Å². The van der Waals surface area contributed by atoms with Crippen LogP contribution < -0.4 is 20.9 Å². The van der Waals surface area contributed by atoms with Crippen molar-refractivity contribution in [2.45, 2.75) is 71.4 Å². The molecule has 5 aliphatic rings. The van der Waals surface area contributed by atoms with Crippen molar-refractivity contribution in [3.8, 4) is 6.07 Å². The van der Waals surface area contributed by atoms with Crippen LogP contribution in [0.5, 0.6) is 0 Å². The molecule has 3 N–H and O–H groups in total. The minimum absolute atomic E-state index is 0.0158. The van der Waals surface area contributed by atoms with Gasteiger partial charge in [0.05, 0.1) is 16.5 Å². The van der Waals surface area contributed by atoms with E-state index in [1.807, 2.05) is 30.1 Å². The van der Waals surface area contributed by atoms with E-state index in [0.29, 0.717) is 88.8 Å². The van der Waals surface area contributed by atoms with Gasteiger partial charge in [-0.3, -0.25) is 39.0 Å². The molecule has 3 fully saturated rings. The summed E-state index contributed by atoms with van der Waals surface area (Å²) in [7, 11) is 1.85. The van der Waals surface area contributed by atoms with Crippen LogP contribution in [0.15, 0.2) is 72.4 Å². The number of carbonyl (C=O) groups is 6. The third-order valence-corrected chi connectivity index (χ3v) is 14.3. The molecule has 3 aromatic carbocycles. The molecular weight excluding hydrogens is 877 g/mol. The van der Waals surface area contributed by atoms with Crippen molar-refractivity contribution in [3.63, 3.8) is 0 Å². The number of para-hydroxylation sites is 1. The fourth-order valence-electron chi connectivity index (χ4n) is 10.4. The molecule has 352 valence electrons. The first-order valence-corrected chi connectivity index (χ1v) is 23.6. The van der Waals surface area contributed by atoms with E-state index in [-0.39, 0.29) is 53.2 Å². The van der Waals surface area contributed by atoms with Crippen molar-refractivity contribution in [1.29, 1.82) is 5.26 Å². The average molecular weight is 929 g/mol. The van der Waals surface area contributed by atoms with Crippen LogP contribution in [0.3, 0.4) is 0 Å². The number of nitriles is 1. The maximum absolute atomic E-state index is 13.9.